The Morgan fingerprint density at radius 1 is 1.08 bits per heavy atom. The van der Waals surface area contributed by atoms with Gasteiger partial charge in [0, 0.05) is 5.71 Å². The van der Waals surface area contributed by atoms with Gasteiger partial charge in [0.15, 0.2) is 8.24 Å². The molecule has 0 aromatic heterocycles. The minimum absolute atomic E-state index is 1.17. The molecule has 1 nitrogen and oxygen atoms in total. The Hall–Kier alpha value is -0.893. The van der Waals surface area contributed by atoms with E-state index < -0.39 is 8.24 Å². The lowest BCUT2D eigenvalue weighted by Gasteiger charge is -2.11. The van der Waals surface area contributed by atoms with Crippen LogP contribution in [0.2, 0.25) is 19.6 Å². The van der Waals surface area contributed by atoms with Crippen LogP contribution in [0.25, 0.3) is 0 Å². The van der Waals surface area contributed by atoms with E-state index in [1.807, 2.05) is 6.07 Å². The second-order valence-electron chi connectivity index (χ2n) is 4.23. The van der Waals surface area contributed by atoms with E-state index in [1.54, 1.807) is 0 Å². The Morgan fingerprint density at radius 2 is 1.62 bits per heavy atom. The van der Waals surface area contributed by atoms with E-state index in [0.717, 1.165) is 0 Å². The minimum Gasteiger partial charge on any atom is -0.326 e. The Bertz CT molecular complexity index is 296. The van der Waals surface area contributed by atoms with Crippen molar-refractivity contribution in [2.45, 2.75) is 26.6 Å². The Balaban J connectivity index is 2.92. The van der Waals surface area contributed by atoms with Crippen molar-refractivity contribution in [3.63, 3.8) is 0 Å². The summed E-state index contributed by atoms with van der Waals surface area (Å²) < 4.78 is 4.74. The monoisotopic (exact) mass is 191 g/mol. The van der Waals surface area contributed by atoms with Gasteiger partial charge in [0.05, 0.1) is 0 Å². The zero-order valence-electron chi connectivity index (χ0n) is 8.83. The molecular weight excluding hydrogens is 174 g/mol. The highest BCUT2D eigenvalue weighted by atomic mass is 28.3. The predicted molar refractivity (Wildman–Crippen MR) is 62.0 cm³/mol. The van der Waals surface area contributed by atoms with E-state index in [1.165, 1.54) is 11.3 Å². The number of nitrogens with zero attached hydrogens (tertiary/aromatic N) is 1. The summed E-state index contributed by atoms with van der Waals surface area (Å²) in [5.41, 5.74) is 2.41. The molecular formula is C11H17NSi. The maximum Gasteiger partial charge on any atom is 0.172 e. The molecule has 1 aromatic rings. The van der Waals surface area contributed by atoms with E-state index in [9.17, 15) is 0 Å². The van der Waals surface area contributed by atoms with Crippen molar-refractivity contribution >= 4 is 13.9 Å². The molecule has 0 aliphatic heterocycles. The van der Waals surface area contributed by atoms with Crippen LogP contribution in [0.1, 0.15) is 12.5 Å². The number of benzene rings is 1. The van der Waals surface area contributed by atoms with Crippen molar-refractivity contribution < 1.29 is 0 Å². The fourth-order valence-corrected chi connectivity index (χ4v) is 2.38. The molecule has 0 aliphatic carbocycles. The van der Waals surface area contributed by atoms with Crippen molar-refractivity contribution in [3.05, 3.63) is 35.9 Å². The van der Waals surface area contributed by atoms with E-state index in [2.05, 4.69) is 50.8 Å². The van der Waals surface area contributed by atoms with Crippen molar-refractivity contribution in [3.8, 4) is 0 Å². The molecule has 70 valence electrons. The molecule has 0 bridgehead atoms. The third kappa shape index (κ3) is 3.55. The standard InChI is InChI=1S/C11H17NSi/c1-10(12-13(2,3)4)11-8-6-5-7-9-11/h5-9H,1-4H3/b12-10-. The average molecular weight is 191 g/mol. The first-order valence-electron chi connectivity index (χ1n) is 4.61. The van der Waals surface area contributed by atoms with Gasteiger partial charge in [-0.25, -0.2) is 0 Å². The van der Waals surface area contributed by atoms with E-state index in [0.29, 0.717) is 0 Å². The molecule has 0 aliphatic rings. The van der Waals surface area contributed by atoms with E-state index >= 15 is 0 Å². The van der Waals surface area contributed by atoms with Gasteiger partial charge in [-0.1, -0.05) is 30.3 Å². The lowest BCUT2D eigenvalue weighted by atomic mass is 10.1. The summed E-state index contributed by atoms with van der Waals surface area (Å²) in [6.45, 7) is 8.84. The van der Waals surface area contributed by atoms with Gasteiger partial charge >= 0.3 is 0 Å². The third-order valence-corrected chi connectivity index (χ3v) is 2.70. The van der Waals surface area contributed by atoms with Crippen LogP contribution >= 0.6 is 0 Å². The van der Waals surface area contributed by atoms with Crippen molar-refractivity contribution in [2.75, 3.05) is 0 Å². The Morgan fingerprint density at radius 3 is 2.08 bits per heavy atom. The second-order valence-corrected chi connectivity index (χ2v) is 8.80. The van der Waals surface area contributed by atoms with Crippen LogP contribution in [0.4, 0.5) is 0 Å². The summed E-state index contributed by atoms with van der Waals surface area (Å²) in [5, 5.41) is 0. The SMILES string of the molecule is C/C(=N/[Si](C)(C)C)c1ccccc1. The predicted octanol–water partition coefficient (Wildman–Crippen LogP) is 3.33. The van der Waals surface area contributed by atoms with Gasteiger partial charge < -0.3 is 4.66 Å². The lowest BCUT2D eigenvalue weighted by Crippen LogP contribution is -2.19. The van der Waals surface area contributed by atoms with Crippen molar-refractivity contribution in [1.29, 1.82) is 0 Å². The van der Waals surface area contributed by atoms with E-state index in [-0.39, 0.29) is 0 Å². The molecule has 0 atom stereocenters. The fourth-order valence-electron chi connectivity index (χ4n) is 1.25. The summed E-state index contributed by atoms with van der Waals surface area (Å²) in [6, 6.07) is 10.4. The van der Waals surface area contributed by atoms with Gasteiger partial charge in [0.25, 0.3) is 0 Å². The van der Waals surface area contributed by atoms with Crippen molar-refractivity contribution in [2.24, 2.45) is 4.66 Å². The number of rotatable bonds is 2. The molecule has 0 saturated heterocycles. The smallest absolute Gasteiger partial charge is 0.172 e. The van der Waals surface area contributed by atoms with Crippen LogP contribution in [0.5, 0.6) is 0 Å². The molecule has 0 N–H and O–H groups in total. The highest BCUT2D eigenvalue weighted by Gasteiger charge is 2.11. The minimum atomic E-state index is -1.32. The van der Waals surface area contributed by atoms with Crippen LogP contribution in [0.15, 0.2) is 35.0 Å². The van der Waals surface area contributed by atoms with Gasteiger partial charge in [-0.2, -0.15) is 0 Å². The van der Waals surface area contributed by atoms with Crippen LogP contribution < -0.4 is 0 Å². The van der Waals surface area contributed by atoms with Gasteiger partial charge in [0.2, 0.25) is 0 Å². The molecule has 0 heterocycles. The summed E-state index contributed by atoms with van der Waals surface area (Å²) in [7, 11) is -1.32. The first kappa shape index (κ1) is 10.2. The Labute approximate surface area is 81.6 Å². The largest absolute Gasteiger partial charge is 0.326 e. The highest BCUT2D eigenvalue weighted by molar-refractivity contribution is 6.75. The van der Waals surface area contributed by atoms with Crippen LogP contribution in [-0.2, 0) is 0 Å². The normalized spacial score (nSPS) is 13.1. The summed E-state index contributed by atoms with van der Waals surface area (Å²) in [4.78, 5) is 0. The first-order valence-corrected chi connectivity index (χ1v) is 8.06. The quantitative estimate of drug-likeness (QED) is 0.502. The molecule has 1 rings (SSSR count). The van der Waals surface area contributed by atoms with E-state index in [4.69, 9.17) is 4.66 Å². The van der Waals surface area contributed by atoms with Crippen molar-refractivity contribution in [1.82, 2.24) is 0 Å². The molecule has 0 fully saturated rings. The van der Waals surface area contributed by atoms with Gasteiger partial charge in [-0.05, 0) is 32.1 Å². The molecule has 0 spiro atoms. The van der Waals surface area contributed by atoms with Crippen LogP contribution in [-0.4, -0.2) is 13.9 Å². The molecule has 1 aromatic carbocycles. The lowest BCUT2D eigenvalue weighted by molar-refractivity contribution is 1.51. The highest BCUT2D eigenvalue weighted by Crippen LogP contribution is 2.07. The Kier molecular flexibility index (Phi) is 3.04. The fraction of sp³-hybridized carbons (Fsp3) is 0.364. The third-order valence-electron chi connectivity index (χ3n) is 1.69. The molecule has 0 radical (unpaired) electrons. The molecule has 0 unspecified atom stereocenters. The average Bonchev–Trinajstić information content (AvgIpc) is 2.03. The van der Waals surface area contributed by atoms with Gasteiger partial charge in [-0.15, -0.1) is 0 Å². The maximum absolute atomic E-state index is 4.74. The van der Waals surface area contributed by atoms with Crippen LogP contribution in [0, 0.1) is 0 Å². The topological polar surface area (TPSA) is 12.4 Å². The summed E-state index contributed by atoms with van der Waals surface area (Å²) >= 11 is 0. The molecule has 0 amide bonds. The first-order chi connectivity index (χ1) is 5.99. The number of hydrogen-bond donors (Lipinski definition) is 0. The zero-order valence-corrected chi connectivity index (χ0v) is 9.83. The van der Waals surface area contributed by atoms with Crippen LogP contribution in [0.3, 0.4) is 0 Å². The molecule has 0 saturated carbocycles. The van der Waals surface area contributed by atoms with Gasteiger partial charge in [-0.3, -0.25) is 0 Å². The number of hydrogen-bond acceptors (Lipinski definition) is 1. The maximum atomic E-state index is 4.74. The van der Waals surface area contributed by atoms with Gasteiger partial charge in [0.1, 0.15) is 0 Å². The molecule has 2 heteroatoms. The summed E-state index contributed by atoms with van der Waals surface area (Å²) in [5.74, 6) is 0. The summed E-state index contributed by atoms with van der Waals surface area (Å²) in [6.07, 6.45) is 0. The second kappa shape index (κ2) is 3.88. The zero-order chi connectivity index (χ0) is 9.90. The molecule has 13 heavy (non-hydrogen) atoms.